The maximum Gasteiger partial charge on any atom is 0.277 e. The van der Waals surface area contributed by atoms with Crippen molar-refractivity contribution in [2.24, 2.45) is 5.10 Å². The summed E-state index contributed by atoms with van der Waals surface area (Å²) in [6.45, 7) is -0.150. The fourth-order valence-electron chi connectivity index (χ4n) is 2.63. The zero-order chi connectivity index (χ0) is 19.9. The summed E-state index contributed by atoms with van der Waals surface area (Å²) in [5, 5.41) is 6.45. The van der Waals surface area contributed by atoms with E-state index in [4.69, 9.17) is 25.8 Å². The first kappa shape index (κ1) is 19.5. The minimum atomic E-state index is -0.379. The zero-order valence-corrected chi connectivity index (χ0v) is 16.2. The molecule has 0 aliphatic heterocycles. The standard InChI is InChI=1S/C21H19ClN2O4/c1-26-19-10-14(9-18(22)21(19)27-2)12-23-24-20(25)13-28-17-8-7-15-5-3-4-6-16(15)11-17/h3-12H,13H2,1-2H3,(H,24,25)/b23-12+. The number of carbonyl (C=O) groups excluding carboxylic acids is 1. The molecule has 6 nitrogen and oxygen atoms in total. The average molecular weight is 399 g/mol. The maximum atomic E-state index is 11.9. The number of amides is 1. The van der Waals surface area contributed by atoms with Gasteiger partial charge in [-0.05, 0) is 40.6 Å². The Balaban J connectivity index is 1.57. The number of benzene rings is 3. The molecule has 0 spiro atoms. The molecule has 0 heterocycles. The molecule has 0 bridgehead atoms. The van der Waals surface area contributed by atoms with Crippen molar-refractivity contribution in [1.82, 2.24) is 5.43 Å². The highest BCUT2D eigenvalue weighted by Gasteiger charge is 2.10. The van der Waals surface area contributed by atoms with Gasteiger partial charge in [-0.3, -0.25) is 4.79 Å². The lowest BCUT2D eigenvalue weighted by molar-refractivity contribution is -0.123. The van der Waals surface area contributed by atoms with Gasteiger partial charge in [0.05, 0.1) is 25.5 Å². The number of hydrogen-bond acceptors (Lipinski definition) is 5. The zero-order valence-electron chi connectivity index (χ0n) is 15.4. The summed E-state index contributed by atoms with van der Waals surface area (Å²) in [5.41, 5.74) is 3.07. The first-order chi connectivity index (χ1) is 13.6. The van der Waals surface area contributed by atoms with Crippen LogP contribution >= 0.6 is 11.6 Å². The Morgan fingerprint density at radius 2 is 1.86 bits per heavy atom. The molecule has 0 atom stereocenters. The van der Waals surface area contributed by atoms with Gasteiger partial charge in [0, 0.05) is 0 Å². The van der Waals surface area contributed by atoms with Crippen molar-refractivity contribution in [2.45, 2.75) is 0 Å². The van der Waals surface area contributed by atoms with Crippen LogP contribution in [0.2, 0.25) is 5.02 Å². The normalized spacial score (nSPS) is 10.8. The van der Waals surface area contributed by atoms with Gasteiger partial charge < -0.3 is 14.2 Å². The number of rotatable bonds is 7. The van der Waals surface area contributed by atoms with Crippen LogP contribution in [0, 0.1) is 0 Å². The third kappa shape index (κ3) is 4.72. The largest absolute Gasteiger partial charge is 0.493 e. The molecule has 3 rings (SSSR count). The second-order valence-corrected chi connectivity index (χ2v) is 6.24. The molecule has 3 aromatic rings. The number of nitrogens with one attached hydrogen (secondary N) is 1. The van der Waals surface area contributed by atoms with Gasteiger partial charge in [-0.15, -0.1) is 0 Å². The fraction of sp³-hybridized carbons (Fsp3) is 0.143. The number of ether oxygens (including phenoxy) is 3. The third-order valence-electron chi connectivity index (χ3n) is 3.95. The number of carbonyl (C=O) groups is 1. The van der Waals surface area contributed by atoms with E-state index in [1.165, 1.54) is 20.4 Å². The summed E-state index contributed by atoms with van der Waals surface area (Å²) in [6, 6.07) is 16.9. The third-order valence-corrected chi connectivity index (χ3v) is 4.23. The molecular weight excluding hydrogens is 380 g/mol. The summed E-state index contributed by atoms with van der Waals surface area (Å²) in [7, 11) is 3.02. The van der Waals surface area contributed by atoms with Gasteiger partial charge in [-0.1, -0.05) is 41.9 Å². The van der Waals surface area contributed by atoms with Gasteiger partial charge >= 0.3 is 0 Å². The lowest BCUT2D eigenvalue weighted by Crippen LogP contribution is -2.24. The monoisotopic (exact) mass is 398 g/mol. The van der Waals surface area contributed by atoms with Crippen LogP contribution in [-0.4, -0.2) is 32.9 Å². The van der Waals surface area contributed by atoms with Crippen LogP contribution in [0.25, 0.3) is 10.8 Å². The van der Waals surface area contributed by atoms with Crippen molar-refractivity contribution in [2.75, 3.05) is 20.8 Å². The molecule has 0 unspecified atom stereocenters. The van der Waals surface area contributed by atoms with Crippen molar-refractivity contribution in [1.29, 1.82) is 0 Å². The maximum absolute atomic E-state index is 11.9. The summed E-state index contributed by atoms with van der Waals surface area (Å²) in [5.74, 6) is 1.15. The predicted molar refractivity (Wildman–Crippen MR) is 110 cm³/mol. The summed E-state index contributed by atoms with van der Waals surface area (Å²) >= 11 is 6.14. The highest BCUT2D eigenvalue weighted by molar-refractivity contribution is 6.32. The van der Waals surface area contributed by atoms with E-state index in [1.54, 1.807) is 12.1 Å². The molecule has 0 saturated heterocycles. The van der Waals surface area contributed by atoms with Crippen LogP contribution in [-0.2, 0) is 4.79 Å². The van der Waals surface area contributed by atoms with Crippen LogP contribution in [0.3, 0.4) is 0 Å². The van der Waals surface area contributed by atoms with E-state index in [2.05, 4.69) is 10.5 Å². The Kier molecular flexibility index (Phi) is 6.34. The van der Waals surface area contributed by atoms with Crippen molar-refractivity contribution >= 4 is 34.5 Å². The molecule has 28 heavy (non-hydrogen) atoms. The lowest BCUT2D eigenvalue weighted by atomic mass is 10.1. The van der Waals surface area contributed by atoms with Crippen LogP contribution in [0.5, 0.6) is 17.2 Å². The van der Waals surface area contributed by atoms with E-state index < -0.39 is 0 Å². The van der Waals surface area contributed by atoms with Crippen molar-refractivity contribution < 1.29 is 19.0 Å². The van der Waals surface area contributed by atoms with Gasteiger partial charge in [0.2, 0.25) is 0 Å². The molecule has 0 saturated carbocycles. The number of hydrazone groups is 1. The number of methoxy groups -OCH3 is 2. The van der Waals surface area contributed by atoms with E-state index in [0.717, 1.165) is 10.8 Å². The molecule has 1 N–H and O–H groups in total. The lowest BCUT2D eigenvalue weighted by Gasteiger charge is -2.10. The van der Waals surface area contributed by atoms with E-state index in [0.29, 0.717) is 27.8 Å². The van der Waals surface area contributed by atoms with Crippen LogP contribution in [0.4, 0.5) is 0 Å². The minimum Gasteiger partial charge on any atom is -0.493 e. The van der Waals surface area contributed by atoms with Gasteiger partial charge in [0.15, 0.2) is 18.1 Å². The quantitative estimate of drug-likeness (QED) is 0.481. The van der Waals surface area contributed by atoms with E-state index in [-0.39, 0.29) is 12.5 Å². The molecule has 144 valence electrons. The van der Waals surface area contributed by atoms with E-state index in [9.17, 15) is 4.79 Å². The molecular formula is C21H19ClN2O4. The second kappa shape index (κ2) is 9.10. The Morgan fingerprint density at radius 3 is 2.61 bits per heavy atom. The van der Waals surface area contributed by atoms with E-state index >= 15 is 0 Å². The number of nitrogens with zero attached hydrogens (tertiary/aromatic N) is 1. The highest BCUT2D eigenvalue weighted by Crippen LogP contribution is 2.35. The molecule has 3 aromatic carbocycles. The van der Waals surface area contributed by atoms with Gasteiger partial charge in [-0.2, -0.15) is 5.10 Å². The fourth-order valence-corrected chi connectivity index (χ4v) is 2.93. The summed E-state index contributed by atoms with van der Waals surface area (Å²) < 4.78 is 15.9. The van der Waals surface area contributed by atoms with Crippen LogP contribution in [0.1, 0.15) is 5.56 Å². The van der Waals surface area contributed by atoms with Crippen LogP contribution < -0.4 is 19.6 Å². The van der Waals surface area contributed by atoms with Crippen molar-refractivity contribution in [3.63, 3.8) is 0 Å². The molecule has 1 amide bonds. The number of fused-ring (bicyclic) bond motifs is 1. The minimum absolute atomic E-state index is 0.150. The van der Waals surface area contributed by atoms with E-state index in [1.807, 2.05) is 42.5 Å². The molecule has 0 aliphatic carbocycles. The average Bonchev–Trinajstić information content (AvgIpc) is 2.71. The second-order valence-electron chi connectivity index (χ2n) is 5.83. The van der Waals surface area contributed by atoms with Crippen LogP contribution in [0.15, 0.2) is 59.7 Å². The molecule has 0 fully saturated rings. The smallest absolute Gasteiger partial charge is 0.277 e. The first-order valence-corrected chi connectivity index (χ1v) is 8.83. The predicted octanol–water partition coefficient (Wildman–Crippen LogP) is 4.04. The number of hydrogen-bond donors (Lipinski definition) is 1. The Bertz CT molecular complexity index is 1020. The Morgan fingerprint density at radius 1 is 1.07 bits per heavy atom. The molecule has 0 aliphatic rings. The topological polar surface area (TPSA) is 69.2 Å². The van der Waals surface area contributed by atoms with Crippen molar-refractivity contribution in [3.8, 4) is 17.2 Å². The van der Waals surface area contributed by atoms with Gasteiger partial charge in [0.25, 0.3) is 5.91 Å². The molecule has 7 heteroatoms. The Labute approximate surface area is 167 Å². The summed E-state index contributed by atoms with van der Waals surface area (Å²) in [6.07, 6.45) is 1.46. The first-order valence-electron chi connectivity index (χ1n) is 8.45. The Hall–Kier alpha value is -3.25. The van der Waals surface area contributed by atoms with Crippen molar-refractivity contribution in [3.05, 3.63) is 65.2 Å². The molecule has 0 aromatic heterocycles. The number of halogens is 1. The summed E-state index contributed by atoms with van der Waals surface area (Å²) in [4.78, 5) is 11.9. The highest BCUT2D eigenvalue weighted by atomic mass is 35.5. The van der Waals surface area contributed by atoms with Gasteiger partial charge in [-0.25, -0.2) is 5.43 Å². The molecule has 0 radical (unpaired) electrons. The van der Waals surface area contributed by atoms with Gasteiger partial charge in [0.1, 0.15) is 5.75 Å². The SMILES string of the molecule is COc1cc(/C=N/NC(=O)COc2ccc3ccccc3c2)cc(Cl)c1OC.